The highest BCUT2D eigenvalue weighted by Gasteiger charge is 2.02. The third-order valence-corrected chi connectivity index (χ3v) is 3.68. The number of carboxylic acids is 1. The molecular weight excluding hydrogens is 322 g/mol. The summed E-state index contributed by atoms with van der Waals surface area (Å²) in [6.07, 6.45) is 0. The van der Waals surface area contributed by atoms with Gasteiger partial charge in [-0.3, -0.25) is 10.9 Å². The predicted octanol–water partition coefficient (Wildman–Crippen LogP) is 2.52. The largest absolute Gasteiger partial charge is 0.545 e. The van der Waals surface area contributed by atoms with Crippen LogP contribution < -0.4 is 21.3 Å². The second-order valence-electron chi connectivity index (χ2n) is 5.10. The number of anilines is 2. The van der Waals surface area contributed by atoms with Gasteiger partial charge in [-0.25, -0.2) is 0 Å². The van der Waals surface area contributed by atoms with E-state index in [0.717, 1.165) is 16.5 Å². The van der Waals surface area contributed by atoms with E-state index in [1.807, 2.05) is 42.5 Å². The van der Waals surface area contributed by atoms with Crippen LogP contribution in [0, 0.1) is 0 Å². The van der Waals surface area contributed by atoms with Crippen molar-refractivity contribution in [2.75, 3.05) is 10.7 Å². The van der Waals surface area contributed by atoms with Crippen LogP contribution in [0.1, 0.15) is 10.4 Å². The second-order valence-corrected chi connectivity index (χ2v) is 5.50. The van der Waals surface area contributed by atoms with Gasteiger partial charge in [0.2, 0.25) is 0 Å². The Morgan fingerprint density at radius 1 is 0.917 bits per heavy atom. The lowest BCUT2D eigenvalue weighted by Crippen LogP contribution is -2.33. The topological polar surface area (TPSA) is 76.2 Å². The van der Waals surface area contributed by atoms with Crippen LogP contribution in [0.3, 0.4) is 0 Å². The summed E-state index contributed by atoms with van der Waals surface area (Å²) >= 11 is 5.28. The lowest BCUT2D eigenvalue weighted by atomic mass is 10.1. The molecule has 3 N–H and O–H groups in total. The molecule has 24 heavy (non-hydrogen) atoms. The van der Waals surface area contributed by atoms with Crippen LogP contribution in [0.4, 0.5) is 11.4 Å². The van der Waals surface area contributed by atoms with Gasteiger partial charge in [-0.1, -0.05) is 48.5 Å². The van der Waals surface area contributed by atoms with Gasteiger partial charge in [-0.05, 0) is 41.4 Å². The van der Waals surface area contributed by atoms with Crippen LogP contribution in [-0.2, 0) is 0 Å². The number of rotatable bonds is 4. The zero-order chi connectivity index (χ0) is 16.9. The summed E-state index contributed by atoms with van der Waals surface area (Å²) in [5.41, 5.74) is 7.49. The van der Waals surface area contributed by atoms with Crippen molar-refractivity contribution < 1.29 is 9.90 Å². The SMILES string of the molecule is O=C([O-])c1ccc(NNC(=S)Nc2cccc3ccccc23)cc1. The van der Waals surface area contributed by atoms with Crippen LogP contribution in [0.5, 0.6) is 0 Å². The summed E-state index contributed by atoms with van der Waals surface area (Å²) in [5, 5.41) is 16.4. The molecule has 0 saturated heterocycles. The summed E-state index contributed by atoms with van der Waals surface area (Å²) in [4.78, 5) is 10.7. The van der Waals surface area contributed by atoms with Crippen molar-refractivity contribution in [3.05, 3.63) is 72.3 Å². The van der Waals surface area contributed by atoms with Gasteiger partial charge in [0.05, 0.1) is 11.7 Å². The van der Waals surface area contributed by atoms with Crippen molar-refractivity contribution in [2.45, 2.75) is 0 Å². The standard InChI is InChI=1S/C18H15N3O2S/c22-17(23)13-8-10-14(11-9-13)20-21-18(24)19-16-7-3-5-12-4-1-2-6-15(12)16/h1-11,20H,(H,22,23)(H2,19,21,24)/p-1. The molecule has 3 rings (SSSR count). The van der Waals surface area contributed by atoms with Gasteiger partial charge < -0.3 is 15.2 Å². The average molecular weight is 336 g/mol. The van der Waals surface area contributed by atoms with Crippen LogP contribution >= 0.6 is 12.2 Å². The lowest BCUT2D eigenvalue weighted by Gasteiger charge is -2.14. The number of fused-ring (bicyclic) bond motifs is 1. The smallest absolute Gasteiger partial charge is 0.189 e. The molecule has 0 amide bonds. The first-order valence-corrected chi connectivity index (χ1v) is 7.66. The number of benzene rings is 3. The van der Waals surface area contributed by atoms with Gasteiger partial charge >= 0.3 is 0 Å². The van der Waals surface area contributed by atoms with E-state index in [0.29, 0.717) is 10.8 Å². The van der Waals surface area contributed by atoms with Crippen molar-refractivity contribution in [1.29, 1.82) is 0 Å². The summed E-state index contributed by atoms with van der Waals surface area (Å²) < 4.78 is 0. The molecule has 3 aromatic carbocycles. The minimum atomic E-state index is -1.21. The molecule has 0 aromatic heterocycles. The Hall–Kier alpha value is -3.12. The third-order valence-electron chi connectivity index (χ3n) is 3.48. The second kappa shape index (κ2) is 6.97. The highest BCUT2D eigenvalue weighted by atomic mass is 32.1. The molecule has 0 radical (unpaired) electrons. The maximum absolute atomic E-state index is 10.7. The van der Waals surface area contributed by atoms with E-state index in [9.17, 15) is 9.90 Å². The van der Waals surface area contributed by atoms with Crippen molar-refractivity contribution in [3.8, 4) is 0 Å². The first-order valence-electron chi connectivity index (χ1n) is 7.26. The molecule has 0 heterocycles. The van der Waals surface area contributed by atoms with Crippen molar-refractivity contribution in [1.82, 2.24) is 5.43 Å². The lowest BCUT2D eigenvalue weighted by molar-refractivity contribution is -0.255. The zero-order valence-corrected chi connectivity index (χ0v) is 13.4. The van der Waals surface area contributed by atoms with Gasteiger partial charge in [0.25, 0.3) is 0 Å². The number of aromatic carboxylic acids is 1. The van der Waals surface area contributed by atoms with Crippen molar-refractivity contribution >= 4 is 45.4 Å². The molecule has 0 bridgehead atoms. The van der Waals surface area contributed by atoms with Crippen molar-refractivity contribution in [2.24, 2.45) is 0 Å². The molecule has 3 aromatic rings. The number of hydrazine groups is 1. The minimum Gasteiger partial charge on any atom is -0.545 e. The third kappa shape index (κ3) is 3.61. The monoisotopic (exact) mass is 336 g/mol. The highest BCUT2D eigenvalue weighted by Crippen LogP contribution is 2.22. The fourth-order valence-electron chi connectivity index (χ4n) is 2.31. The van der Waals surface area contributed by atoms with E-state index < -0.39 is 5.97 Å². The molecule has 5 nitrogen and oxygen atoms in total. The average Bonchev–Trinajstić information content (AvgIpc) is 2.61. The Morgan fingerprint density at radius 2 is 1.62 bits per heavy atom. The molecule has 0 spiro atoms. The molecule has 120 valence electrons. The van der Waals surface area contributed by atoms with E-state index in [4.69, 9.17) is 12.2 Å². The number of nitrogens with one attached hydrogen (secondary N) is 3. The van der Waals surface area contributed by atoms with Gasteiger partial charge in [-0.15, -0.1) is 0 Å². The molecule has 0 aliphatic heterocycles. The molecule has 0 atom stereocenters. The molecule has 6 heteroatoms. The van der Waals surface area contributed by atoms with Crippen molar-refractivity contribution in [3.63, 3.8) is 0 Å². The Balaban J connectivity index is 1.64. The minimum absolute atomic E-state index is 0.122. The Morgan fingerprint density at radius 3 is 2.38 bits per heavy atom. The predicted molar refractivity (Wildman–Crippen MR) is 97.7 cm³/mol. The number of carbonyl (C=O) groups is 1. The zero-order valence-electron chi connectivity index (χ0n) is 12.6. The Labute approximate surface area is 144 Å². The van der Waals surface area contributed by atoms with Gasteiger partial charge in [-0.2, -0.15) is 0 Å². The molecule has 0 fully saturated rings. The van der Waals surface area contributed by atoms with E-state index in [-0.39, 0.29) is 5.56 Å². The van der Waals surface area contributed by atoms with E-state index in [1.54, 1.807) is 12.1 Å². The number of thiocarbonyl (C=S) groups is 1. The first-order chi connectivity index (χ1) is 11.6. The number of hydrogen-bond acceptors (Lipinski definition) is 4. The Kier molecular flexibility index (Phi) is 4.58. The molecular formula is C18H14N3O2S-. The fourth-order valence-corrected chi connectivity index (χ4v) is 2.47. The summed E-state index contributed by atoms with van der Waals surface area (Å²) in [6.45, 7) is 0. The molecule has 0 saturated carbocycles. The quantitative estimate of drug-likeness (QED) is 0.502. The van der Waals surface area contributed by atoms with Crippen LogP contribution in [-0.4, -0.2) is 11.1 Å². The fraction of sp³-hybridized carbons (Fsp3) is 0. The number of hydrogen-bond donors (Lipinski definition) is 3. The van der Waals surface area contributed by atoms with Crippen LogP contribution in [0.2, 0.25) is 0 Å². The van der Waals surface area contributed by atoms with E-state index >= 15 is 0 Å². The number of carbonyl (C=O) groups excluding carboxylic acids is 1. The van der Waals surface area contributed by atoms with E-state index in [2.05, 4.69) is 16.2 Å². The van der Waals surface area contributed by atoms with Gasteiger partial charge in [0.15, 0.2) is 5.11 Å². The van der Waals surface area contributed by atoms with Gasteiger partial charge in [0, 0.05) is 11.1 Å². The summed E-state index contributed by atoms with van der Waals surface area (Å²) in [7, 11) is 0. The molecule has 0 unspecified atom stereocenters. The van der Waals surface area contributed by atoms with Crippen LogP contribution in [0.15, 0.2) is 66.7 Å². The Bertz CT molecular complexity index is 889. The first kappa shape index (κ1) is 15.8. The summed E-state index contributed by atoms with van der Waals surface area (Å²) in [6, 6.07) is 20.1. The molecule has 0 aliphatic carbocycles. The van der Waals surface area contributed by atoms with Crippen LogP contribution in [0.25, 0.3) is 10.8 Å². The number of carboxylic acid groups (broad SMARTS) is 1. The summed E-state index contributed by atoms with van der Waals surface area (Å²) in [5.74, 6) is -1.21. The van der Waals surface area contributed by atoms with Gasteiger partial charge in [0.1, 0.15) is 0 Å². The highest BCUT2D eigenvalue weighted by molar-refractivity contribution is 7.80. The maximum atomic E-state index is 10.7. The normalized spacial score (nSPS) is 10.2. The van der Waals surface area contributed by atoms with E-state index in [1.165, 1.54) is 12.1 Å². The maximum Gasteiger partial charge on any atom is 0.189 e. The molecule has 0 aliphatic rings.